The van der Waals surface area contributed by atoms with E-state index in [-0.39, 0.29) is 29.4 Å². The molecule has 0 bridgehead atoms. The van der Waals surface area contributed by atoms with Gasteiger partial charge in [0.1, 0.15) is 0 Å². The Morgan fingerprint density at radius 3 is 2.36 bits per heavy atom. The van der Waals surface area contributed by atoms with Gasteiger partial charge >= 0.3 is 0 Å². The topological polar surface area (TPSA) is 64.1 Å². The number of methoxy groups -OCH3 is 2. The van der Waals surface area contributed by atoms with Gasteiger partial charge in [0.25, 0.3) is 0 Å². The van der Waals surface area contributed by atoms with E-state index in [0.717, 1.165) is 50.2 Å². The molecule has 0 aliphatic rings. The molecule has 2 N–H and O–H groups in total. The number of rotatable bonds is 11. The molecular formula is C21H38IN3O3. The summed E-state index contributed by atoms with van der Waals surface area (Å²) >= 11 is 0. The number of aliphatic imine (C=N–C) groups is 1. The van der Waals surface area contributed by atoms with Crippen LogP contribution in [0, 0.1) is 5.92 Å². The van der Waals surface area contributed by atoms with E-state index >= 15 is 0 Å². The van der Waals surface area contributed by atoms with Gasteiger partial charge in [-0.1, -0.05) is 33.8 Å². The Bertz CT molecular complexity index is 592. The van der Waals surface area contributed by atoms with Gasteiger partial charge in [-0.25, -0.2) is 0 Å². The zero-order chi connectivity index (χ0) is 20.3. The second-order valence-electron chi connectivity index (χ2n) is 7.63. The van der Waals surface area contributed by atoms with Crippen LogP contribution in [0.5, 0.6) is 11.5 Å². The summed E-state index contributed by atoms with van der Waals surface area (Å²) in [6, 6.07) is 6.05. The summed E-state index contributed by atoms with van der Waals surface area (Å²) < 4.78 is 16.4. The van der Waals surface area contributed by atoms with Crippen molar-refractivity contribution in [2.45, 2.75) is 39.5 Å². The van der Waals surface area contributed by atoms with Crippen LogP contribution in [0.25, 0.3) is 0 Å². The van der Waals surface area contributed by atoms with E-state index < -0.39 is 0 Å². The SMILES string of the molecule is CN=C(NCCCOCC(C)C)NCC(C)(C)c1ccc(OC)c(OC)c1.I. The molecule has 0 spiro atoms. The highest BCUT2D eigenvalue weighted by Gasteiger charge is 2.22. The Morgan fingerprint density at radius 2 is 1.79 bits per heavy atom. The quantitative estimate of drug-likeness (QED) is 0.206. The number of nitrogens with one attached hydrogen (secondary N) is 2. The fourth-order valence-corrected chi connectivity index (χ4v) is 2.58. The summed E-state index contributed by atoms with van der Waals surface area (Å²) in [4.78, 5) is 4.30. The Labute approximate surface area is 187 Å². The minimum absolute atomic E-state index is 0. The average molecular weight is 507 g/mol. The third kappa shape index (κ3) is 9.32. The van der Waals surface area contributed by atoms with Gasteiger partial charge in [-0.3, -0.25) is 4.99 Å². The lowest BCUT2D eigenvalue weighted by atomic mass is 9.84. The van der Waals surface area contributed by atoms with Crippen LogP contribution in [0.4, 0.5) is 0 Å². The summed E-state index contributed by atoms with van der Waals surface area (Å²) in [5.41, 5.74) is 1.07. The van der Waals surface area contributed by atoms with E-state index in [1.807, 2.05) is 12.1 Å². The van der Waals surface area contributed by atoms with Gasteiger partial charge in [-0.05, 0) is 30.0 Å². The first kappa shape index (κ1) is 26.8. The van der Waals surface area contributed by atoms with Crippen LogP contribution in [-0.4, -0.2) is 53.5 Å². The average Bonchev–Trinajstić information content (AvgIpc) is 2.65. The van der Waals surface area contributed by atoms with Crippen LogP contribution in [0.2, 0.25) is 0 Å². The summed E-state index contributed by atoms with van der Waals surface area (Å²) in [5.74, 6) is 2.85. The maximum absolute atomic E-state index is 5.60. The molecule has 0 amide bonds. The maximum Gasteiger partial charge on any atom is 0.191 e. The zero-order valence-electron chi connectivity index (χ0n) is 18.4. The molecule has 0 saturated carbocycles. The van der Waals surface area contributed by atoms with E-state index in [4.69, 9.17) is 14.2 Å². The molecule has 1 aromatic carbocycles. The van der Waals surface area contributed by atoms with Crippen LogP contribution in [-0.2, 0) is 10.2 Å². The van der Waals surface area contributed by atoms with Crippen molar-refractivity contribution in [2.24, 2.45) is 10.9 Å². The molecule has 0 aromatic heterocycles. The minimum Gasteiger partial charge on any atom is -0.493 e. The molecule has 0 saturated heterocycles. The predicted molar refractivity (Wildman–Crippen MR) is 128 cm³/mol. The molecule has 1 rings (SSSR count). The normalized spacial score (nSPS) is 11.8. The summed E-state index contributed by atoms with van der Waals surface area (Å²) in [5, 5.41) is 6.75. The molecule has 162 valence electrons. The number of nitrogens with zero attached hydrogens (tertiary/aromatic N) is 1. The molecule has 0 radical (unpaired) electrons. The molecule has 28 heavy (non-hydrogen) atoms. The highest BCUT2D eigenvalue weighted by Crippen LogP contribution is 2.32. The molecule has 0 fully saturated rings. The third-order valence-corrected chi connectivity index (χ3v) is 4.30. The second-order valence-corrected chi connectivity index (χ2v) is 7.63. The fourth-order valence-electron chi connectivity index (χ4n) is 2.58. The fraction of sp³-hybridized carbons (Fsp3) is 0.667. The Kier molecular flexibility index (Phi) is 13.3. The highest BCUT2D eigenvalue weighted by atomic mass is 127. The third-order valence-electron chi connectivity index (χ3n) is 4.30. The number of halogens is 1. The predicted octanol–water partition coefficient (Wildman–Crippen LogP) is 3.83. The standard InChI is InChI=1S/C21H37N3O3.HI/c1-16(2)14-27-12-8-11-23-20(22-5)24-15-21(3,4)17-9-10-18(25-6)19(13-17)26-7;/h9-10,13,16H,8,11-12,14-15H2,1-7H3,(H2,22,23,24);1H. The molecule has 1 aromatic rings. The van der Waals surface area contributed by atoms with Crippen molar-refractivity contribution in [2.75, 3.05) is 47.6 Å². The Morgan fingerprint density at radius 1 is 1.11 bits per heavy atom. The monoisotopic (exact) mass is 507 g/mol. The molecule has 0 aliphatic heterocycles. The van der Waals surface area contributed by atoms with Crippen molar-refractivity contribution >= 4 is 29.9 Å². The van der Waals surface area contributed by atoms with Crippen molar-refractivity contribution < 1.29 is 14.2 Å². The lowest BCUT2D eigenvalue weighted by Gasteiger charge is -2.27. The van der Waals surface area contributed by atoms with Crippen molar-refractivity contribution in [1.29, 1.82) is 0 Å². The molecule has 6 nitrogen and oxygen atoms in total. The summed E-state index contributed by atoms with van der Waals surface area (Å²) in [7, 11) is 5.09. The van der Waals surface area contributed by atoms with Crippen molar-refractivity contribution in [3.8, 4) is 11.5 Å². The largest absolute Gasteiger partial charge is 0.493 e. The van der Waals surface area contributed by atoms with E-state index in [9.17, 15) is 0 Å². The Hall–Kier alpha value is -1.22. The summed E-state index contributed by atoms with van der Waals surface area (Å²) in [6.45, 7) is 11.8. The second kappa shape index (κ2) is 13.9. The van der Waals surface area contributed by atoms with Crippen molar-refractivity contribution in [1.82, 2.24) is 10.6 Å². The van der Waals surface area contributed by atoms with Crippen LogP contribution >= 0.6 is 24.0 Å². The lowest BCUT2D eigenvalue weighted by Crippen LogP contribution is -2.43. The number of guanidine groups is 1. The van der Waals surface area contributed by atoms with Crippen molar-refractivity contribution in [3.05, 3.63) is 23.8 Å². The molecule has 0 unspecified atom stereocenters. The molecule has 0 aliphatic carbocycles. The van der Waals surface area contributed by atoms with Gasteiger partial charge in [0.2, 0.25) is 0 Å². The highest BCUT2D eigenvalue weighted by molar-refractivity contribution is 14.0. The first-order valence-corrected chi connectivity index (χ1v) is 9.58. The Balaban J connectivity index is 0.00000729. The zero-order valence-corrected chi connectivity index (χ0v) is 20.8. The maximum atomic E-state index is 5.60. The van der Waals surface area contributed by atoms with Gasteiger partial charge < -0.3 is 24.8 Å². The minimum atomic E-state index is -0.0997. The lowest BCUT2D eigenvalue weighted by molar-refractivity contribution is 0.108. The van der Waals surface area contributed by atoms with Gasteiger partial charge in [-0.2, -0.15) is 0 Å². The van der Waals surface area contributed by atoms with Gasteiger partial charge in [0, 0.05) is 38.8 Å². The van der Waals surface area contributed by atoms with Gasteiger partial charge in [0.05, 0.1) is 14.2 Å². The molecular weight excluding hydrogens is 469 g/mol. The van der Waals surface area contributed by atoms with Crippen molar-refractivity contribution in [3.63, 3.8) is 0 Å². The number of hydrogen-bond acceptors (Lipinski definition) is 4. The van der Waals surface area contributed by atoms with E-state index in [1.54, 1.807) is 21.3 Å². The molecule has 7 heteroatoms. The van der Waals surface area contributed by atoms with Crippen LogP contribution in [0.1, 0.15) is 39.7 Å². The molecule has 0 heterocycles. The number of hydrogen-bond donors (Lipinski definition) is 2. The van der Waals surface area contributed by atoms with Gasteiger partial charge in [0.15, 0.2) is 17.5 Å². The van der Waals surface area contributed by atoms with Crippen LogP contribution in [0.15, 0.2) is 23.2 Å². The summed E-state index contributed by atoms with van der Waals surface area (Å²) in [6.07, 6.45) is 0.951. The van der Waals surface area contributed by atoms with Crippen LogP contribution in [0.3, 0.4) is 0 Å². The van der Waals surface area contributed by atoms with Crippen LogP contribution < -0.4 is 20.1 Å². The first-order chi connectivity index (χ1) is 12.8. The van der Waals surface area contributed by atoms with Gasteiger partial charge in [-0.15, -0.1) is 24.0 Å². The first-order valence-electron chi connectivity index (χ1n) is 9.58. The van der Waals surface area contributed by atoms with E-state index in [0.29, 0.717) is 5.92 Å². The van der Waals surface area contributed by atoms with E-state index in [1.165, 1.54) is 5.56 Å². The number of benzene rings is 1. The number of ether oxygens (including phenoxy) is 3. The smallest absolute Gasteiger partial charge is 0.191 e. The van der Waals surface area contributed by atoms with E-state index in [2.05, 4.69) is 49.4 Å². The molecule has 0 atom stereocenters.